The molecule has 0 spiro atoms. The fraction of sp³-hybridized carbons (Fsp3) is 0.385. The molecular weight excluding hydrogens is 482 g/mol. The maximum Gasteiger partial charge on any atom is 0.248 e. The topological polar surface area (TPSA) is 92.5 Å². The van der Waals surface area contributed by atoms with Crippen LogP contribution in [0.3, 0.4) is 0 Å². The van der Waals surface area contributed by atoms with Crippen LogP contribution in [0, 0.1) is 33.6 Å². The third-order valence-electron chi connectivity index (χ3n) is 6.34. The van der Waals surface area contributed by atoms with Gasteiger partial charge in [-0.1, -0.05) is 35.0 Å². The van der Waals surface area contributed by atoms with E-state index in [4.69, 9.17) is 4.52 Å². The summed E-state index contributed by atoms with van der Waals surface area (Å²) >= 11 is 1.58. The van der Waals surface area contributed by atoms with Crippen molar-refractivity contribution in [3.05, 3.63) is 68.2 Å². The van der Waals surface area contributed by atoms with Crippen LogP contribution < -0.4 is 5.32 Å². The molecule has 35 heavy (non-hydrogen) atoms. The van der Waals surface area contributed by atoms with Gasteiger partial charge >= 0.3 is 0 Å². The molecule has 0 radical (unpaired) electrons. The molecule has 1 aromatic carbocycles. The summed E-state index contributed by atoms with van der Waals surface area (Å²) < 4.78 is 34.1. The van der Waals surface area contributed by atoms with Crippen molar-refractivity contribution in [1.29, 1.82) is 0 Å². The molecule has 7 nitrogen and oxygen atoms in total. The Balaban J connectivity index is 1.54. The molecule has 1 fully saturated rings. The average molecular weight is 514 g/mol. The number of hydrogen-bond donors (Lipinski definition) is 1. The number of nitrogens with one attached hydrogen (secondary N) is 1. The third kappa shape index (κ3) is 5.58. The monoisotopic (exact) mass is 513 g/mol. The first-order valence-corrected chi connectivity index (χ1v) is 14.0. The van der Waals surface area contributed by atoms with Gasteiger partial charge < -0.3 is 9.84 Å². The number of thiophene rings is 1. The summed E-state index contributed by atoms with van der Waals surface area (Å²) in [6.45, 7) is 8.69. The minimum atomic E-state index is -3.89. The number of carbonyl (C=O) groups excluding carboxylic acids is 1. The maximum absolute atomic E-state index is 13.7. The van der Waals surface area contributed by atoms with Crippen LogP contribution in [0.4, 0.5) is 0 Å². The van der Waals surface area contributed by atoms with Gasteiger partial charge in [0.2, 0.25) is 15.9 Å². The molecule has 0 bridgehead atoms. The normalized spacial score (nSPS) is 17.2. The Morgan fingerprint density at radius 3 is 2.66 bits per heavy atom. The van der Waals surface area contributed by atoms with Gasteiger partial charge in [0.25, 0.3) is 0 Å². The van der Waals surface area contributed by atoms with E-state index < -0.39 is 15.9 Å². The summed E-state index contributed by atoms with van der Waals surface area (Å²) in [6.07, 6.45) is 4.82. The van der Waals surface area contributed by atoms with Gasteiger partial charge in [0, 0.05) is 18.0 Å². The molecular formula is C26H31N3O4S2. The number of nitrogens with zero attached hydrogens (tertiary/aromatic N) is 2. The Morgan fingerprint density at radius 1 is 1.23 bits per heavy atom. The lowest BCUT2D eigenvalue weighted by atomic mass is 9.99. The van der Waals surface area contributed by atoms with Gasteiger partial charge in [0.05, 0.1) is 12.5 Å². The highest BCUT2D eigenvalue weighted by Crippen LogP contribution is 2.30. The van der Waals surface area contributed by atoms with Crippen LogP contribution in [0.15, 0.2) is 39.1 Å². The molecule has 1 amide bonds. The van der Waals surface area contributed by atoms with Crippen LogP contribution in [-0.4, -0.2) is 36.9 Å². The Hall–Kier alpha value is -2.75. The molecule has 1 N–H and O–H groups in total. The van der Waals surface area contributed by atoms with Crippen molar-refractivity contribution in [3.8, 4) is 0 Å². The van der Waals surface area contributed by atoms with Crippen LogP contribution in [0.2, 0.25) is 0 Å². The second-order valence-corrected chi connectivity index (χ2v) is 12.0. The first kappa shape index (κ1) is 25.3. The van der Waals surface area contributed by atoms with Crippen molar-refractivity contribution in [2.75, 3.05) is 13.1 Å². The summed E-state index contributed by atoms with van der Waals surface area (Å²) in [5.41, 5.74) is 4.72. The van der Waals surface area contributed by atoms with Crippen LogP contribution in [0.25, 0.3) is 12.2 Å². The number of aryl methyl sites for hydroxylation is 4. The smallest absolute Gasteiger partial charge is 0.248 e. The zero-order valence-corrected chi connectivity index (χ0v) is 22.1. The first-order valence-electron chi connectivity index (χ1n) is 11.7. The van der Waals surface area contributed by atoms with Crippen LogP contribution in [0.5, 0.6) is 0 Å². The van der Waals surface area contributed by atoms with Crippen molar-refractivity contribution in [1.82, 2.24) is 14.8 Å². The van der Waals surface area contributed by atoms with Gasteiger partial charge in [-0.25, -0.2) is 8.42 Å². The van der Waals surface area contributed by atoms with E-state index in [1.54, 1.807) is 24.3 Å². The Morgan fingerprint density at radius 2 is 1.97 bits per heavy atom. The molecule has 1 aliphatic rings. The van der Waals surface area contributed by atoms with Gasteiger partial charge in [-0.15, -0.1) is 11.3 Å². The van der Waals surface area contributed by atoms with Gasteiger partial charge in [-0.05, 0) is 74.7 Å². The van der Waals surface area contributed by atoms with Crippen LogP contribution in [0.1, 0.15) is 51.4 Å². The number of carbonyl (C=O) groups is 1. The highest BCUT2D eigenvalue weighted by atomic mass is 32.2. The zero-order chi connectivity index (χ0) is 25.2. The highest BCUT2D eigenvalue weighted by molar-refractivity contribution is 7.89. The lowest BCUT2D eigenvalue weighted by molar-refractivity contribution is -0.126. The number of piperidine rings is 1. The van der Waals surface area contributed by atoms with Gasteiger partial charge in [-0.3, -0.25) is 4.79 Å². The van der Waals surface area contributed by atoms with E-state index in [0.29, 0.717) is 31.6 Å². The summed E-state index contributed by atoms with van der Waals surface area (Å²) in [7, 11) is -3.89. The highest BCUT2D eigenvalue weighted by Gasteiger charge is 2.36. The minimum absolute atomic E-state index is 0.0656. The molecule has 3 aromatic rings. The summed E-state index contributed by atoms with van der Waals surface area (Å²) in [5, 5.41) is 8.86. The van der Waals surface area contributed by atoms with Crippen LogP contribution in [-0.2, 0) is 21.4 Å². The minimum Gasteiger partial charge on any atom is -0.355 e. The van der Waals surface area contributed by atoms with Gasteiger partial charge in [0.15, 0.2) is 10.7 Å². The summed E-state index contributed by atoms with van der Waals surface area (Å²) in [4.78, 5) is 13.9. The molecule has 1 atom stereocenters. The molecule has 0 saturated carbocycles. The van der Waals surface area contributed by atoms with E-state index in [9.17, 15) is 13.2 Å². The zero-order valence-electron chi connectivity index (χ0n) is 20.5. The molecule has 9 heteroatoms. The predicted octanol–water partition coefficient (Wildman–Crippen LogP) is 4.86. The maximum atomic E-state index is 13.7. The summed E-state index contributed by atoms with van der Waals surface area (Å²) in [5.74, 6) is -0.313. The molecule has 1 saturated heterocycles. The van der Waals surface area contributed by atoms with E-state index in [0.717, 1.165) is 21.6 Å². The van der Waals surface area contributed by atoms with E-state index >= 15 is 0 Å². The second-order valence-electron chi connectivity index (χ2n) is 9.11. The summed E-state index contributed by atoms with van der Waals surface area (Å²) in [6, 6.07) is 8.09. The standard InChI is InChI=1S/C26H31N3O4S2/c1-17-13-18(2)23(19(3)14-17)9-10-24-25(20(4)28-33-24)35(31,32)29-11-5-7-21(16-29)26(30)27-15-22-8-6-12-34-22/h6,8-10,12-14,21H,5,7,11,15-16H2,1-4H3,(H,27,30)/b10-9+. The number of amides is 1. The fourth-order valence-electron chi connectivity index (χ4n) is 4.65. The largest absolute Gasteiger partial charge is 0.355 e. The molecule has 186 valence electrons. The van der Waals surface area contributed by atoms with Gasteiger partial charge in [-0.2, -0.15) is 4.31 Å². The number of hydrogen-bond acceptors (Lipinski definition) is 6. The van der Waals surface area contributed by atoms with Crippen molar-refractivity contribution in [3.63, 3.8) is 0 Å². The van der Waals surface area contributed by atoms with E-state index in [2.05, 4.69) is 22.6 Å². The SMILES string of the molecule is Cc1cc(C)c(/C=C/c2onc(C)c2S(=O)(=O)N2CCCC(C(=O)NCc3cccs3)C2)c(C)c1. The van der Waals surface area contributed by atoms with Crippen molar-refractivity contribution in [2.24, 2.45) is 5.92 Å². The first-order chi connectivity index (χ1) is 16.7. The third-order valence-corrected chi connectivity index (χ3v) is 9.24. The van der Waals surface area contributed by atoms with Crippen molar-refractivity contribution < 1.29 is 17.7 Å². The quantitative estimate of drug-likeness (QED) is 0.487. The number of benzene rings is 1. The fourth-order valence-corrected chi connectivity index (χ4v) is 7.07. The van der Waals surface area contributed by atoms with E-state index in [-0.39, 0.29) is 23.1 Å². The number of aromatic nitrogens is 1. The molecule has 2 aromatic heterocycles. The molecule has 4 rings (SSSR count). The Bertz CT molecular complexity index is 1320. The van der Waals surface area contributed by atoms with Crippen molar-refractivity contribution in [2.45, 2.75) is 52.0 Å². The lowest BCUT2D eigenvalue weighted by Gasteiger charge is -2.31. The van der Waals surface area contributed by atoms with Gasteiger partial charge in [0.1, 0.15) is 5.69 Å². The van der Waals surface area contributed by atoms with E-state index in [1.807, 2.05) is 44.4 Å². The molecule has 0 aliphatic carbocycles. The second kappa shape index (κ2) is 10.5. The Labute approximate surface area is 210 Å². The molecule has 1 unspecified atom stereocenters. The lowest BCUT2D eigenvalue weighted by Crippen LogP contribution is -2.45. The average Bonchev–Trinajstić information content (AvgIpc) is 3.46. The predicted molar refractivity (Wildman–Crippen MR) is 138 cm³/mol. The number of sulfonamides is 1. The Kier molecular flexibility index (Phi) is 7.59. The molecule has 3 heterocycles. The van der Waals surface area contributed by atoms with Crippen molar-refractivity contribution >= 4 is 39.4 Å². The number of rotatable bonds is 7. The van der Waals surface area contributed by atoms with Crippen LogP contribution >= 0.6 is 11.3 Å². The van der Waals surface area contributed by atoms with E-state index in [1.165, 1.54) is 9.87 Å². The molecule has 1 aliphatic heterocycles.